The number of pyridine rings is 1. The number of alkyl halides is 1. The van der Waals surface area contributed by atoms with Crippen molar-refractivity contribution in [2.75, 3.05) is 5.32 Å². The zero-order chi connectivity index (χ0) is 32.0. The lowest BCUT2D eigenvalue weighted by atomic mass is 9.77. The molecule has 4 aromatic rings. The van der Waals surface area contributed by atoms with Crippen molar-refractivity contribution >= 4 is 17.5 Å². The number of aryl methyl sites for hydroxylation is 4. The van der Waals surface area contributed by atoms with E-state index in [9.17, 15) is 18.8 Å². The van der Waals surface area contributed by atoms with Crippen LogP contribution in [0.15, 0.2) is 59.5 Å². The second-order valence-corrected chi connectivity index (χ2v) is 12.9. The molecular weight excluding hydrogens is 569 g/mol. The Balaban J connectivity index is 1.33. The lowest BCUT2D eigenvalue weighted by Gasteiger charge is -2.33. The van der Waals surface area contributed by atoms with Crippen molar-refractivity contribution in [1.82, 2.24) is 20.1 Å². The molecule has 0 bridgehead atoms. The second-order valence-electron chi connectivity index (χ2n) is 12.9. The minimum Gasteiger partial charge on any atom is -0.341 e. The van der Waals surface area contributed by atoms with Gasteiger partial charge in [-0.3, -0.25) is 19.5 Å². The number of fused-ring (bicyclic) bond motifs is 1. The molecule has 0 spiro atoms. The summed E-state index contributed by atoms with van der Waals surface area (Å²) in [6.07, 6.45) is 4.56. The highest BCUT2D eigenvalue weighted by Gasteiger charge is 2.52. The minimum atomic E-state index is -1.91. The van der Waals surface area contributed by atoms with Crippen molar-refractivity contribution in [3.05, 3.63) is 93.2 Å². The smallest absolute Gasteiger partial charge is 0.258 e. The summed E-state index contributed by atoms with van der Waals surface area (Å²) in [5.74, 6) is -1.47. The fourth-order valence-corrected chi connectivity index (χ4v) is 6.52. The van der Waals surface area contributed by atoms with Crippen LogP contribution in [-0.2, 0) is 16.0 Å². The molecule has 3 N–H and O–H groups in total. The zero-order valence-corrected chi connectivity index (χ0v) is 26.5. The summed E-state index contributed by atoms with van der Waals surface area (Å²) in [5.41, 5.74) is 7.04. The highest BCUT2D eigenvalue weighted by atomic mass is 19.1. The Morgan fingerprint density at radius 2 is 1.73 bits per heavy atom. The van der Waals surface area contributed by atoms with E-state index in [-0.39, 0.29) is 36.3 Å². The summed E-state index contributed by atoms with van der Waals surface area (Å²) in [4.78, 5) is 39.8. The average Bonchev–Trinajstić information content (AvgIpc) is 3.69. The molecule has 0 aliphatic heterocycles. The lowest BCUT2D eigenvalue weighted by Crippen LogP contribution is -2.51. The maximum Gasteiger partial charge on any atom is 0.258 e. The predicted molar refractivity (Wildman–Crippen MR) is 174 cm³/mol. The number of H-pyrrole nitrogens is 1. The van der Waals surface area contributed by atoms with E-state index in [0.717, 1.165) is 57.6 Å². The number of amides is 2. The number of carbonyl (C=O) groups is 2. The van der Waals surface area contributed by atoms with Crippen LogP contribution in [0.5, 0.6) is 0 Å². The maximum atomic E-state index is 14.9. The van der Waals surface area contributed by atoms with Crippen LogP contribution < -0.4 is 16.2 Å². The van der Waals surface area contributed by atoms with Gasteiger partial charge in [-0.25, -0.2) is 4.39 Å². The number of aromatic amines is 1. The largest absolute Gasteiger partial charge is 0.341 e. The summed E-state index contributed by atoms with van der Waals surface area (Å²) in [6, 6.07) is 14.6. The van der Waals surface area contributed by atoms with E-state index in [1.807, 2.05) is 77.2 Å². The fourth-order valence-electron chi connectivity index (χ4n) is 6.52. The van der Waals surface area contributed by atoms with Crippen LogP contribution in [0.3, 0.4) is 0 Å². The summed E-state index contributed by atoms with van der Waals surface area (Å²) >= 11 is 0. The average molecular weight is 610 g/mol. The molecule has 2 aliphatic carbocycles. The Hall–Kier alpha value is -4.53. The van der Waals surface area contributed by atoms with Gasteiger partial charge in [-0.15, -0.1) is 0 Å². The first-order chi connectivity index (χ1) is 21.4. The molecule has 2 aliphatic rings. The molecule has 0 radical (unpaired) electrons. The first-order valence-electron chi connectivity index (χ1n) is 15.7. The van der Waals surface area contributed by atoms with Gasteiger partial charge in [0, 0.05) is 40.7 Å². The third kappa shape index (κ3) is 5.95. The molecule has 0 unspecified atom stereocenters. The molecule has 45 heavy (non-hydrogen) atoms. The van der Waals surface area contributed by atoms with Gasteiger partial charge in [0.1, 0.15) is 6.04 Å². The van der Waals surface area contributed by atoms with Gasteiger partial charge in [0.2, 0.25) is 5.91 Å². The first kappa shape index (κ1) is 30.5. The molecule has 0 saturated heterocycles. The van der Waals surface area contributed by atoms with Crippen LogP contribution >= 0.6 is 0 Å². The van der Waals surface area contributed by atoms with Crippen molar-refractivity contribution in [2.24, 2.45) is 0 Å². The van der Waals surface area contributed by atoms with Gasteiger partial charge in [-0.2, -0.15) is 5.10 Å². The Bertz CT molecular complexity index is 1810. The molecule has 2 aromatic carbocycles. The molecule has 1 saturated carbocycles. The summed E-state index contributed by atoms with van der Waals surface area (Å²) in [7, 11) is 0. The minimum absolute atomic E-state index is 0.00191. The summed E-state index contributed by atoms with van der Waals surface area (Å²) in [5, 5.41) is 13.1. The third-order valence-corrected chi connectivity index (χ3v) is 9.25. The Labute approximate surface area is 262 Å². The van der Waals surface area contributed by atoms with Gasteiger partial charge in [0.05, 0.1) is 5.69 Å². The Morgan fingerprint density at radius 1 is 1.02 bits per heavy atom. The lowest BCUT2D eigenvalue weighted by molar-refractivity contribution is -0.131. The van der Waals surface area contributed by atoms with Gasteiger partial charge < -0.3 is 15.2 Å². The van der Waals surface area contributed by atoms with Gasteiger partial charge in [0.15, 0.2) is 5.67 Å². The van der Waals surface area contributed by atoms with Crippen LogP contribution in [0.25, 0.3) is 22.3 Å². The highest BCUT2D eigenvalue weighted by molar-refractivity contribution is 6.00. The van der Waals surface area contributed by atoms with E-state index in [0.29, 0.717) is 17.7 Å². The number of rotatable bonds is 8. The van der Waals surface area contributed by atoms with Crippen LogP contribution in [-0.4, -0.2) is 38.3 Å². The van der Waals surface area contributed by atoms with Crippen molar-refractivity contribution < 1.29 is 14.0 Å². The van der Waals surface area contributed by atoms with E-state index in [1.54, 1.807) is 4.57 Å². The van der Waals surface area contributed by atoms with Gasteiger partial charge in [-0.05, 0) is 113 Å². The molecule has 2 heterocycles. The van der Waals surface area contributed by atoms with Gasteiger partial charge in [0.25, 0.3) is 11.5 Å². The number of benzene rings is 2. The highest BCUT2D eigenvalue weighted by Crippen LogP contribution is 2.42. The molecule has 2 atom stereocenters. The monoisotopic (exact) mass is 609 g/mol. The Kier molecular flexibility index (Phi) is 7.97. The first-order valence-corrected chi connectivity index (χ1v) is 15.7. The predicted octanol–water partition coefficient (Wildman–Crippen LogP) is 6.46. The van der Waals surface area contributed by atoms with Crippen molar-refractivity contribution in [1.29, 1.82) is 0 Å². The van der Waals surface area contributed by atoms with Crippen LogP contribution in [0.1, 0.15) is 79.6 Å². The zero-order valence-electron chi connectivity index (χ0n) is 26.5. The molecule has 8 nitrogen and oxygen atoms in total. The van der Waals surface area contributed by atoms with Crippen LogP contribution in [0.2, 0.25) is 0 Å². The normalized spacial score (nSPS) is 17.4. The number of hydrogen-bond acceptors (Lipinski definition) is 4. The van der Waals surface area contributed by atoms with Gasteiger partial charge >= 0.3 is 0 Å². The third-order valence-electron chi connectivity index (χ3n) is 9.25. The van der Waals surface area contributed by atoms with E-state index in [4.69, 9.17) is 0 Å². The number of carbonyl (C=O) groups excluding carboxylic acids is 2. The molecule has 6 rings (SSSR count). The summed E-state index contributed by atoms with van der Waals surface area (Å²) < 4.78 is 16.7. The number of halogens is 1. The van der Waals surface area contributed by atoms with E-state index in [2.05, 4.69) is 33.0 Å². The van der Waals surface area contributed by atoms with E-state index < -0.39 is 17.6 Å². The van der Waals surface area contributed by atoms with Crippen molar-refractivity contribution in [3.8, 4) is 22.3 Å². The quantitative estimate of drug-likeness (QED) is 0.213. The summed E-state index contributed by atoms with van der Waals surface area (Å²) in [6.45, 7) is 9.67. The molecule has 234 valence electrons. The molecule has 2 amide bonds. The van der Waals surface area contributed by atoms with Gasteiger partial charge in [-0.1, -0.05) is 30.3 Å². The maximum absolute atomic E-state index is 14.9. The van der Waals surface area contributed by atoms with E-state index in [1.165, 1.54) is 0 Å². The number of nitrogens with one attached hydrogen (secondary N) is 3. The number of hydrogen-bond donors (Lipinski definition) is 3. The fraction of sp³-hybridized carbons (Fsp3) is 0.389. The van der Waals surface area contributed by atoms with E-state index >= 15 is 0 Å². The molecule has 2 aromatic heterocycles. The standard InChI is InChI=1S/C36H40FN5O3/c1-20(2)42-19-27(17-21(3)34(42)44)26-10-9-24-7-6-8-29(30(24)18-26)32(39-35(45)36(37)15-16-36)33(43)38-28-13-11-25(12-14-28)31-22(4)40-41-23(31)5/h9-14,17-20,29,32H,6-8,15-16H2,1-5H3,(H,38,43)(H,39,45)(H,40,41)/t29-,32+/m1/s1. The topological polar surface area (TPSA) is 109 Å². The van der Waals surface area contributed by atoms with Crippen LogP contribution in [0, 0.1) is 20.8 Å². The second kappa shape index (κ2) is 11.8. The Morgan fingerprint density at radius 3 is 2.38 bits per heavy atom. The van der Waals surface area contributed by atoms with Crippen molar-refractivity contribution in [2.45, 2.75) is 90.4 Å². The SMILES string of the molecule is Cc1n[nH]c(C)c1-c1ccc(NC(=O)[C@@H](NC(=O)C2(F)CC2)[C@@H]2CCCc3ccc(-c4cc(C)c(=O)n(C(C)C)c4)cc32)cc1. The number of aromatic nitrogens is 3. The molecular formula is C36H40FN5O3. The number of nitrogens with zero attached hydrogens (tertiary/aromatic N) is 2. The number of anilines is 1. The van der Waals surface area contributed by atoms with Crippen molar-refractivity contribution in [3.63, 3.8) is 0 Å². The molecule has 9 heteroatoms. The molecule has 1 fully saturated rings. The van der Waals surface area contributed by atoms with Crippen LogP contribution in [0.4, 0.5) is 10.1 Å².